The van der Waals surface area contributed by atoms with Gasteiger partial charge in [-0.2, -0.15) is 9.40 Å². The summed E-state index contributed by atoms with van der Waals surface area (Å²) in [6.07, 6.45) is 2.35. The van der Waals surface area contributed by atoms with Crippen LogP contribution in [-0.4, -0.2) is 92.4 Å². The normalized spacial score (nSPS) is 17.7. The third-order valence-electron chi connectivity index (χ3n) is 6.04. The Morgan fingerprint density at radius 2 is 1.76 bits per heavy atom. The summed E-state index contributed by atoms with van der Waals surface area (Å²) >= 11 is 0. The summed E-state index contributed by atoms with van der Waals surface area (Å²) in [5.74, 6) is 0.478. The summed E-state index contributed by atoms with van der Waals surface area (Å²) < 4.78 is 41.3. The summed E-state index contributed by atoms with van der Waals surface area (Å²) in [4.78, 5) is 17.0. The predicted molar refractivity (Wildman–Crippen MR) is 128 cm³/mol. The molecule has 186 valence electrons. The number of aryl methyl sites for hydroxylation is 1. The summed E-state index contributed by atoms with van der Waals surface area (Å²) in [5.41, 5.74) is 1.09. The second kappa shape index (κ2) is 10.7. The topological polar surface area (TPSA) is 97.2 Å². The standard InChI is InChI=1S/C23H33N5O5S/c1-3-9-27-18-19(23(29)26-14-16-32-17-15-26)22(24-27)34(30,31)28-12-10-25(11-13-28)20-7-5-6-8-21(20)33-4-2/h5-8,18H,3-4,9-17H2,1-2H3. The van der Waals surface area contributed by atoms with Crippen LogP contribution in [0, 0.1) is 0 Å². The number of carbonyl (C=O) groups excluding carboxylic acids is 1. The van der Waals surface area contributed by atoms with Gasteiger partial charge in [0, 0.05) is 52.0 Å². The average Bonchev–Trinajstić information content (AvgIpc) is 3.30. The van der Waals surface area contributed by atoms with Crippen LogP contribution in [0.15, 0.2) is 35.5 Å². The summed E-state index contributed by atoms with van der Waals surface area (Å²) in [6.45, 7) is 8.44. The number of nitrogens with zero attached hydrogens (tertiary/aromatic N) is 5. The van der Waals surface area contributed by atoms with E-state index in [1.54, 1.807) is 15.8 Å². The number of morpholine rings is 1. The average molecular weight is 492 g/mol. The molecule has 2 saturated heterocycles. The first-order chi connectivity index (χ1) is 16.5. The van der Waals surface area contributed by atoms with Crippen LogP contribution in [-0.2, 0) is 21.3 Å². The number of hydrogen-bond donors (Lipinski definition) is 0. The highest BCUT2D eigenvalue weighted by Crippen LogP contribution is 2.30. The fourth-order valence-corrected chi connectivity index (χ4v) is 5.82. The predicted octanol–water partition coefficient (Wildman–Crippen LogP) is 1.68. The number of anilines is 1. The molecule has 1 aromatic carbocycles. The Morgan fingerprint density at radius 3 is 2.44 bits per heavy atom. The number of benzene rings is 1. The van der Waals surface area contributed by atoms with Crippen molar-refractivity contribution in [2.45, 2.75) is 31.8 Å². The molecular weight excluding hydrogens is 458 g/mol. The van der Waals surface area contributed by atoms with E-state index in [-0.39, 0.29) is 16.5 Å². The Kier molecular flexibility index (Phi) is 7.74. The molecule has 0 radical (unpaired) electrons. The monoisotopic (exact) mass is 491 g/mol. The molecule has 0 bridgehead atoms. The maximum Gasteiger partial charge on any atom is 0.263 e. The van der Waals surface area contributed by atoms with Gasteiger partial charge in [-0.1, -0.05) is 19.1 Å². The number of sulfonamides is 1. The highest BCUT2D eigenvalue weighted by atomic mass is 32.2. The van der Waals surface area contributed by atoms with Crippen LogP contribution in [0.1, 0.15) is 30.6 Å². The molecule has 2 aliphatic rings. The number of para-hydroxylation sites is 2. The number of carbonyl (C=O) groups is 1. The second-order valence-electron chi connectivity index (χ2n) is 8.31. The minimum atomic E-state index is -3.94. The minimum Gasteiger partial charge on any atom is -0.492 e. The first kappa shape index (κ1) is 24.5. The zero-order valence-electron chi connectivity index (χ0n) is 19.9. The van der Waals surface area contributed by atoms with Crippen molar-refractivity contribution in [3.8, 4) is 5.75 Å². The molecule has 0 unspecified atom stereocenters. The van der Waals surface area contributed by atoms with Gasteiger partial charge in [-0.15, -0.1) is 0 Å². The zero-order chi connectivity index (χ0) is 24.1. The van der Waals surface area contributed by atoms with Gasteiger partial charge in [-0.25, -0.2) is 8.42 Å². The maximum atomic E-state index is 13.6. The van der Waals surface area contributed by atoms with E-state index in [0.717, 1.165) is 17.9 Å². The number of ether oxygens (including phenoxy) is 2. The van der Waals surface area contributed by atoms with Crippen LogP contribution < -0.4 is 9.64 Å². The van der Waals surface area contributed by atoms with E-state index in [2.05, 4.69) is 10.00 Å². The molecule has 0 atom stereocenters. The number of hydrogen-bond acceptors (Lipinski definition) is 7. The number of piperazine rings is 1. The van der Waals surface area contributed by atoms with Gasteiger partial charge in [-0.05, 0) is 25.5 Å². The summed E-state index contributed by atoms with van der Waals surface area (Å²) in [5, 5.41) is 4.20. The summed E-state index contributed by atoms with van der Waals surface area (Å²) in [6, 6.07) is 7.78. The molecule has 2 fully saturated rings. The SMILES string of the molecule is CCCn1cc(C(=O)N2CCOCC2)c(S(=O)(=O)N2CCN(c3ccccc3OCC)CC2)n1. The van der Waals surface area contributed by atoms with Crippen molar-refractivity contribution in [1.29, 1.82) is 0 Å². The van der Waals surface area contributed by atoms with E-state index in [0.29, 0.717) is 65.6 Å². The molecule has 0 saturated carbocycles. The van der Waals surface area contributed by atoms with Crippen LogP contribution >= 0.6 is 0 Å². The third-order valence-corrected chi connectivity index (χ3v) is 7.87. The van der Waals surface area contributed by atoms with Gasteiger partial charge in [0.25, 0.3) is 15.9 Å². The van der Waals surface area contributed by atoms with Crippen LogP contribution in [0.25, 0.3) is 0 Å². The lowest BCUT2D eigenvalue weighted by atomic mass is 10.2. The fraction of sp³-hybridized carbons (Fsp3) is 0.565. The van der Waals surface area contributed by atoms with Crippen LogP contribution in [0.5, 0.6) is 5.75 Å². The van der Waals surface area contributed by atoms with E-state index in [1.165, 1.54) is 4.31 Å². The van der Waals surface area contributed by atoms with Crippen LogP contribution in [0.3, 0.4) is 0 Å². The smallest absolute Gasteiger partial charge is 0.263 e. The summed E-state index contributed by atoms with van der Waals surface area (Å²) in [7, 11) is -3.94. The lowest BCUT2D eigenvalue weighted by Gasteiger charge is -2.35. The lowest BCUT2D eigenvalue weighted by molar-refractivity contribution is 0.0300. The van der Waals surface area contributed by atoms with E-state index in [9.17, 15) is 13.2 Å². The maximum absolute atomic E-state index is 13.6. The van der Waals surface area contributed by atoms with E-state index >= 15 is 0 Å². The molecule has 1 aromatic heterocycles. The van der Waals surface area contributed by atoms with Crippen molar-refractivity contribution in [3.05, 3.63) is 36.0 Å². The largest absolute Gasteiger partial charge is 0.492 e. The zero-order valence-corrected chi connectivity index (χ0v) is 20.7. The van der Waals surface area contributed by atoms with E-state index < -0.39 is 10.0 Å². The van der Waals surface area contributed by atoms with Gasteiger partial charge in [-0.3, -0.25) is 9.48 Å². The molecule has 0 spiro atoms. The van der Waals surface area contributed by atoms with Crippen molar-refractivity contribution < 1.29 is 22.7 Å². The van der Waals surface area contributed by atoms with Gasteiger partial charge >= 0.3 is 0 Å². The Bertz CT molecular complexity index is 1090. The number of aromatic nitrogens is 2. The highest BCUT2D eigenvalue weighted by molar-refractivity contribution is 7.89. The van der Waals surface area contributed by atoms with Crippen molar-refractivity contribution in [2.24, 2.45) is 0 Å². The van der Waals surface area contributed by atoms with Gasteiger partial charge in [0.05, 0.1) is 31.1 Å². The Morgan fingerprint density at radius 1 is 1.06 bits per heavy atom. The second-order valence-corrected chi connectivity index (χ2v) is 10.2. The van der Waals surface area contributed by atoms with Crippen molar-refractivity contribution in [2.75, 3.05) is 64.0 Å². The molecule has 2 aliphatic heterocycles. The van der Waals surface area contributed by atoms with Gasteiger partial charge in [0.1, 0.15) is 5.75 Å². The number of amides is 1. The van der Waals surface area contributed by atoms with E-state index in [4.69, 9.17) is 9.47 Å². The van der Waals surface area contributed by atoms with Crippen LogP contribution in [0.4, 0.5) is 5.69 Å². The Hall–Kier alpha value is -2.63. The molecule has 3 heterocycles. The first-order valence-electron chi connectivity index (χ1n) is 11.9. The number of rotatable bonds is 8. The fourth-order valence-electron chi connectivity index (χ4n) is 4.31. The van der Waals surface area contributed by atoms with Gasteiger partial charge in [0.2, 0.25) is 5.03 Å². The van der Waals surface area contributed by atoms with Gasteiger partial charge < -0.3 is 19.3 Å². The van der Waals surface area contributed by atoms with Crippen molar-refractivity contribution in [1.82, 2.24) is 19.0 Å². The molecule has 34 heavy (non-hydrogen) atoms. The molecular formula is C23H33N5O5S. The Labute approximate surface area is 201 Å². The molecule has 11 heteroatoms. The molecule has 2 aromatic rings. The molecule has 1 amide bonds. The van der Waals surface area contributed by atoms with Gasteiger partial charge in [0.15, 0.2) is 0 Å². The van der Waals surface area contributed by atoms with E-state index in [1.807, 2.05) is 38.1 Å². The highest BCUT2D eigenvalue weighted by Gasteiger charge is 2.36. The molecule has 4 rings (SSSR count). The molecule has 10 nitrogen and oxygen atoms in total. The quantitative estimate of drug-likeness (QED) is 0.554. The third kappa shape index (κ3) is 5.06. The lowest BCUT2D eigenvalue weighted by Crippen LogP contribution is -2.49. The first-order valence-corrected chi connectivity index (χ1v) is 13.3. The van der Waals surface area contributed by atoms with Crippen molar-refractivity contribution in [3.63, 3.8) is 0 Å². The Balaban J connectivity index is 1.55. The van der Waals surface area contributed by atoms with Crippen molar-refractivity contribution >= 4 is 21.6 Å². The van der Waals surface area contributed by atoms with Crippen LogP contribution in [0.2, 0.25) is 0 Å². The minimum absolute atomic E-state index is 0.138. The molecule has 0 N–H and O–H groups in total. The molecule has 0 aliphatic carbocycles.